The van der Waals surface area contributed by atoms with Crippen molar-refractivity contribution in [1.82, 2.24) is 23.7 Å². The first kappa shape index (κ1) is 35.2. The fraction of sp³-hybridized carbons (Fsp3) is 0. The first-order chi connectivity index (χ1) is 31.3. The fourth-order valence-corrected chi connectivity index (χ4v) is 9.87. The Morgan fingerprint density at radius 1 is 0.270 bits per heavy atom. The summed E-state index contributed by atoms with van der Waals surface area (Å²) < 4.78 is 7.29. The van der Waals surface area contributed by atoms with E-state index in [-0.39, 0.29) is 0 Å². The smallest absolute Gasteiger partial charge is 0.160 e. The Morgan fingerprint density at radius 3 is 1.44 bits per heavy atom. The Labute approximate surface area is 363 Å². The number of hydrogen-bond donors (Lipinski definition) is 0. The van der Waals surface area contributed by atoms with Crippen molar-refractivity contribution in [3.05, 3.63) is 224 Å². The van der Waals surface area contributed by atoms with Crippen LogP contribution in [0.1, 0.15) is 0 Å². The topological polar surface area (TPSA) is 40.6 Å². The number of nitrogens with zero attached hydrogens (tertiary/aromatic N) is 5. The van der Waals surface area contributed by atoms with Gasteiger partial charge in [0, 0.05) is 66.1 Å². The molecular weight excluding hydrogens is 767 g/mol. The van der Waals surface area contributed by atoms with Crippen LogP contribution in [0.25, 0.3) is 116 Å². The standard InChI is InChI=1S/C58H37N5/c1-5-17-38(18-6-1)49-37-50(60-58(59-49)39-19-7-2-8-20-39)40-29-32-54-48(35-40)56-55(62(54)42-23-11-4-12-24-42)34-31-46-44-25-13-16-28-52(44)63(57(46)56)43-30-33-53-47(36-43)45-26-14-15-27-51(45)61(53)41-21-9-3-10-22-41/h1-37H. The zero-order chi connectivity index (χ0) is 41.4. The molecule has 0 bridgehead atoms. The molecule has 0 amide bonds. The minimum absolute atomic E-state index is 0.699. The number of rotatable bonds is 6. The summed E-state index contributed by atoms with van der Waals surface area (Å²) >= 11 is 0. The van der Waals surface area contributed by atoms with Gasteiger partial charge in [0.2, 0.25) is 0 Å². The van der Waals surface area contributed by atoms with Crippen LogP contribution in [0.4, 0.5) is 0 Å². The van der Waals surface area contributed by atoms with Crippen LogP contribution in [0.2, 0.25) is 0 Å². The second-order valence-electron chi connectivity index (χ2n) is 16.2. The summed E-state index contributed by atoms with van der Waals surface area (Å²) in [7, 11) is 0. The number of aromatic nitrogens is 5. The van der Waals surface area contributed by atoms with Gasteiger partial charge in [0.05, 0.1) is 44.5 Å². The van der Waals surface area contributed by atoms with Crippen molar-refractivity contribution in [3.8, 4) is 51.0 Å². The fourth-order valence-electron chi connectivity index (χ4n) is 9.87. The maximum absolute atomic E-state index is 5.27. The molecule has 13 rings (SSSR count). The number of para-hydroxylation sites is 4. The van der Waals surface area contributed by atoms with Gasteiger partial charge in [0.1, 0.15) is 0 Å². The number of benzene rings is 9. The molecular formula is C58H37N5. The Balaban J connectivity index is 1.12. The van der Waals surface area contributed by atoms with Crippen LogP contribution in [0, 0.1) is 0 Å². The van der Waals surface area contributed by atoms with Crippen molar-refractivity contribution < 1.29 is 0 Å². The third kappa shape index (κ3) is 5.50. The second kappa shape index (κ2) is 14.0. The van der Waals surface area contributed by atoms with E-state index < -0.39 is 0 Å². The molecule has 294 valence electrons. The molecule has 4 aromatic heterocycles. The highest BCUT2D eigenvalue weighted by atomic mass is 15.0. The molecule has 0 aliphatic heterocycles. The van der Waals surface area contributed by atoms with E-state index in [9.17, 15) is 0 Å². The van der Waals surface area contributed by atoms with E-state index in [0.29, 0.717) is 5.82 Å². The maximum Gasteiger partial charge on any atom is 0.160 e. The molecule has 5 nitrogen and oxygen atoms in total. The summed E-state index contributed by atoms with van der Waals surface area (Å²) in [5, 5.41) is 7.21. The zero-order valence-electron chi connectivity index (χ0n) is 34.1. The first-order valence-corrected chi connectivity index (χ1v) is 21.4. The van der Waals surface area contributed by atoms with Gasteiger partial charge in [0.15, 0.2) is 5.82 Å². The van der Waals surface area contributed by atoms with Crippen molar-refractivity contribution in [1.29, 1.82) is 0 Å². The van der Waals surface area contributed by atoms with Gasteiger partial charge in [-0.15, -0.1) is 0 Å². The number of fused-ring (bicyclic) bond motifs is 10. The van der Waals surface area contributed by atoms with E-state index in [2.05, 4.69) is 214 Å². The summed E-state index contributed by atoms with van der Waals surface area (Å²) in [6.07, 6.45) is 0. The molecule has 0 fully saturated rings. The largest absolute Gasteiger partial charge is 0.309 e. The van der Waals surface area contributed by atoms with E-state index >= 15 is 0 Å². The van der Waals surface area contributed by atoms with Gasteiger partial charge in [-0.05, 0) is 78.9 Å². The maximum atomic E-state index is 5.27. The molecule has 0 saturated heterocycles. The van der Waals surface area contributed by atoms with E-state index in [1.165, 1.54) is 49.0 Å². The average molecular weight is 804 g/mol. The lowest BCUT2D eigenvalue weighted by molar-refractivity contribution is 1.17. The van der Waals surface area contributed by atoms with Gasteiger partial charge >= 0.3 is 0 Å². The normalized spacial score (nSPS) is 11.8. The van der Waals surface area contributed by atoms with E-state index in [0.717, 1.165) is 61.6 Å². The molecule has 0 N–H and O–H groups in total. The summed E-state index contributed by atoms with van der Waals surface area (Å²) in [6.45, 7) is 0. The molecule has 5 heteroatoms. The highest BCUT2D eigenvalue weighted by Gasteiger charge is 2.23. The highest BCUT2D eigenvalue weighted by molar-refractivity contribution is 6.26. The van der Waals surface area contributed by atoms with Gasteiger partial charge in [-0.1, -0.05) is 146 Å². The Kier molecular flexibility index (Phi) is 7.84. The Morgan fingerprint density at radius 2 is 0.762 bits per heavy atom. The van der Waals surface area contributed by atoms with Crippen LogP contribution in [-0.4, -0.2) is 23.7 Å². The predicted octanol–water partition coefficient (Wildman–Crippen LogP) is 14.8. The third-order valence-corrected chi connectivity index (χ3v) is 12.6. The van der Waals surface area contributed by atoms with Crippen LogP contribution in [0.5, 0.6) is 0 Å². The third-order valence-electron chi connectivity index (χ3n) is 12.6. The van der Waals surface area contributed by atoms with E-state index in [4.69, 9.17) is 9.97 Å². The van der Waals surface area contributed by atoms with Gasteiger partial charge in [-0.2, -0.15) is 0 Å². The molecule has 0 aliphatic rings. The summed E-state index contributed by atoms with van der Waals surface area (Å²) in [5.74, 6) is 0.699. The SMILES string of the molecule is c1ccc(-c2cc(-c3ccc4c(c3)c3c(ccc5c6ccccc6n(-c6ccc7c(c6)c6ccccc6n7-c6ccccc6)c53)n4-c3ccccc3)nc(-c3ccccc3)n2)cc1. The van der Waals surface area contributed by atoms with Gasteiger partial charge in [-0.3, -0.25) is 0 Å². The van der Waals surface area contributed by atoms with Gasteiger partial charge < -0.3 is 13.7 Å². The molecule has 4 heterocycles. The molecule has 0 spiro atoms. The van der Waals surface area contributed by atoms with Crippen molar-refractivity contribution in [2.24, 2.45) is 0 Å². The lowest BCUT2D eigenvalue weighted by Gasteiger charge is -2.11. The molecule has 13 aromatic rings. The number of hydrogen-bond acceptors (Lipinski definition) is 2. The van der Waals surface area contributed by atoms with Crippen LogP contribution in [0.15, 0.2) is 224 Å². The predicted molar refractivity (Wildman–Crippen MR) is 261 cm³/mol. The Bertz CT molecular complexity index is 3820. The van der Waals surface area contributed by atoms with Crippen LogP contribution in [-0.2, 0) is 0 Å². The molecule has 0 radical (unpaired) electrons. The van der Waals surface area contributed by atoms with Crippen molar-refractivity contribution in [2.45, 2.75) is 0 Å². The summed E-state index contributed by atoms with van der Waals surface area (Å²) in [5.41, 5.74) is 15.2. The van der Waals surface area contributed by atoms with Crippen molar-refractivity contribution in [3.63, 3.8) is 0 Å². The average Bonchev–Trinajstić information content (AvgIpc) is 4.00. The minimum atomic E-state index is 0.699. The lowest BCUT2D eigenvalue weighted by atomic mass is 10.0. The Hall–Kier alpha value is -8.54. The van der Waals surface area contributed by atoms with Gasteiger partial charge in [-0.25, -0.2) is 9.97 Å². The van der Waals surface area contributed by atoms with Crippen LogP contribution in [0.3, 0.4) is 0 Å². The van der Waals surface area contributed by atoms with E-state index in [1.807, 2.05) is 24.3 Å². The zero-order valence-corrected chi connectivity index (χ0v) is 34.1. The van der Waals surface area contributed by atoms with Gasteiger partial charge in [0.25, 0.3) is 0 Å². The molecule has 63 heavy (non-hydrogen) atoms. The summed E-state index contributed by atoms with van der Waals surface area (Å²) in [4.78, 5) is 10.4. The highest BCUT2D eigenvalue weighted by Crippen LogP contribution is 2.44. The quantitative estimate of drug-likeness (QED) is 0.168. The van der Waals surface area contributed by atoms with Crippen LogP contribution >= 0.6 is 0 Å². The van der Waals surface area contributed by atoms with Crippen molar-refractivity contribution >= 4 is 65.4 Å². The van der Waals surface area contributed by atoms with Crippen LogP contribution < -0.4 is 0 Å². The monoisotopic (exact) mass is 803 g/mol. The van der Waals surface area contributed by atoms with Crippen molar-refractivity contribution in [2.75, 3.05) is 0 Å². The molecule has 0 atom stereocenters. The first-order valence-electron chi connectivity index (χ1n) is 21.4. The van der Waals surface area contributed by atoms with E-state index in [1.54, 1.807) is 0 Å². The second-order valence-corrected chi connectivity index (χ2v) is 16.2. The summed E-state index contributed by atoms with van der Waals surface area (Å²) in [6, 6.07) is 80.2. The molecule has 0 unspecified atom stereocenters. The molecule has 0 aliphatic carbocycles. The molecule has 9 aromatic carbocycles. The lowest BCUT2D eigenvalue weighted by Crippen LogP contribution is -1.96. The molecule has 0 saturated carbocycles. The minimum Gasteiger partial charge on any atom is -0.309 e.